The van der Waals surface area contributed by atoms with E-state index in [4.69, 9.17) is 9.16 Å². The molecule has 0 amide bonds. The molecule has 3 aliphatic carbocycles. The van der Waals surface area contributed by atoms with Crippen LogP contribution < -0.4 is 0 Å². The summed E-state index contributed by atoms with van der Waals surface area (Å²) in [5, 5.41) is 0.286. The van der Waals surface area contributed by atoms with E-state index in [-0.39, 0.29) is 16.1 Å². The minimum absolute atomic E-state index is 0.256. The molecule has 1 saturated heterocycles. The van der Waals surface area contributed by atoms with E-state index >= 15 is 0 Å². The largest absolute Gasteiger partial charge is 0.413 e. The molecule has 1 saturated carbocycles. The smallest absolute Gasteiger partial charge is 0.192 e. The van der Waals surface area contributed by atoms with Gasteiger partial charge in [-0.3, -0.25) is 0 Å². The number of hydrogen-bond donors (Lipinski definition) is 0. The van der Waals surface area contributed by atoms with Gasteiger partial charge in [0.15, 0.2) is 8.32 Å². The molecule has 1 aliphatic heterocycles. The SMILES string of the molecule is CC1(C)[C@@H](O[Si](C)(C)C(C)(C)C)CC[C@]2(C)C3=C(CC[C@@H]12)CC1(CC3)CO1. The van der Waals surface area contributed by atoms with Gasteiger partial charge in [0.05, 0.1) is 18.3 Å². The third kappa shape index (κ3) is 3.11. The zero-order valence-corrected chi connectivity index (χ0v) is 20.1. The molecule has 3 heteroatoms. The highest BCUT2D eigenvalue weighted by atomic mass is 28.4. The second-order valence-electron chi connectivity index (χ2n) is 12.5. The predicted molar refractivity (Wildman–Crippen MR) is 115 cm³/mol. The van der Waals surface area contributed by atoms with Crippen LogP contribution in [0.25, 0.3) is 0 Å². The van der Waals surface area contributed by atoms with Gasteiger partial charge in [0.2, 0.25) is 0 Å². The van der Waals surface area contributed by atoms with E-state index in [0.717, 1.165) is 12.5 Å². The molecule has 4 atom stereocenters. The number of epoxide rings is 1. The summed E-state index contributed by atoms with van der Waals surface area (Å²) in [6.07, 6.45) is 9.38. The van der Waals surface area contributed by atoms with Gasteiger partial charge < -0.3 is 9.16 Å². The summed E-state index contributed by atoms with van der Waals surface area (Å²) in [5.74, 6) is 0.751. The lowest BCUT2D eigenvalue weighted by Gasteiger charge is -2.60. The molecule has 0 N–H and O–H groups in total. The zero-order valence-electron chi connectivity index (χ0n) is 19.1. The van der Waals surface area contributed by atoms with E-state index in [2.05, 4.69) is 54.6 Å². The van der Waals surface area contributed by atoms with Crippen molar-refractivity contribution >= 4 is 8.32 Å². The zero-order chi connectivity index (χ0) is 19.9. The summed E-state index contributed by atoms with van der Waals surface area (Å²) in [5.41, 5.74) is 4.52. The molecule has 1 unspecified atom stereocenters. The van der Waals surface area contributed by atoms with Crippen molar-refractivity contribution in [2.75, 3.05) is 6.61 Å². The summed E-state index contributed by atoms with van der Waals surface area (Å²) in [6, 6.07) is 0. The van der Waals surface area contributed by atoms with Crippen LogP contribution >= 0.6 is 0 Å². The predicted octanol–water partition coefficient (Wildman–Crippen LogP) is 6.86. The molecule has 0 radical (unpaired) electrons. The Morgan fingerprint density at radius 2 is 1.70 bits per heavy atom. The van der Waals surface area contributed by atoms with Crippen LogP contribution in [0.1, 0.15) is 86.5 Å². The van der Waals surface area contributed by atoms with Gasteiger partial charge in [0.25, 0.3) is 0 Å². The number of allylic oxidation sites excluding steroid dienone is 1. The van der Waals surface area contributed by atoms with Crippen LogP contribution in [0, 0.1) is 16.7 Å². The van der Waals surface area contributed by atoms with Gasteiger partial charge in [-0.15, -0.1) is 0 Å². The highest BCUT2D eigenvalue weighted by Crippen LogP contribution is 2.64. The van der Waals surface area contributed by atoms with Crippen molar-refractivity contribution in [3.05, 3.63) is 11.1 Å². The molecule has 1 heterocycles. The van der Waals surface area contributed by atoms with Gasteiger partial charge >= 0.3 is 0 Å². The molecule has 0 bridgehead atoms. The van der Waals surface area contributed by atoms with E-state index in [1.165, 1.54) is 44.9 Å². The van der Waals surface area contributed by atoms with Crippen molar-refractivity contribution in [1.82, 2.24) is 0 Å². The Hall–Kier alpha value is -0.123. The maximum atomic E-state index is 7.03. The second kappa shape index (κ2) is 5.95. The first-order chi connectivity index (χ1) is 12.3. The average molecular weight is 391 g/mol. The van der Waals surface area contributed by atoms with Crippen LogP contribution in [0.3, 0.4) is 0 Å². The minimum atomic E-state index is -1.74. The number of ether oxygens (including phenoxy) is 1. The summed E-state index contributed by atoms with van der Waals surface area (Å²) in [7, 11) is -1.74. The van der Waals surface area contributed by atoms with Crippen LogP contribution in [0.2, 0.25) is 18.1 Å². The Bertz CT molecular complexity index is 650. The number of rotatable bonds is 2. The van der Waals surface area contributed by atoms with Crippen LogP contribution in [-0.2, 0) is 9.16 Å². The summed E-state index contributed by atoms with van der Waals surface area (Å²) in [6.45, 7) is 20.6. The minimum Gasteiger partial charge on any atom is -0.413 e. The fraction of sp³-hybridized carbons (Fsp3) is 0.917. The Labute approximate surface area is 168 Å². The first kappa shape index (κ1) is 20.2. The third-order valence-electron chi connectivity index (χ3n) is 9.44. The van der Waals surface area contributed by atoms with E-state index in [1.807, 2.05) is 5.57 Å². The molecule has 0 aromatic carbocycles. The van der Waals surface area contributed by atoms with E-state index in [9.17, 15) is 0 Å². The van der Waals surface area contributed by atoms with Gasteiger partial charge in [-0.1, -0.05) is 52.7 Å². The molecule has 1 spiro atoms. The average Bonchev–Trinajstić information content (AvgIpc) is 3.27. The molecule has 0 aromatic heterocycles. The molecular formula is C24H42O2Si. The highest BCUT2D eigenvalue weighted by Gasteiger charge is 2.58. The summed E-state index contributed by atoms with van der Waals surface area (Å²) in [4.78, 5) is 0. The molecule has 154 valence electrons. The fourth-order valence-electron chi connectivity index (χ4n) is 6.53. The van der Waals surface area contributed by atoms with Crippen LogP contribution in [-0.4, -0.2) is 26.6 Å². The first-order valence-electron chi connectivity index (χ1n) is 11.3. The van der Waals surface area contributed by atoms with Gasteiger partial charge in [-0.25, -0.2) is 0 Å². The Morgan fingerprint density at radius 3 is 2.30 bits per heavy atom. The molecule has 27 heavy (non-hydrogen) atoms. The Kier molecular flexibility index (Phi) is 4.44. The molecule has 0 aromatic rings. The van der Waals surface area contributed by atoms with Crippen molar-refractivity contribution < 1.29 is 9.16 Å². The van der Waals surface area contributed by atoms with E-state index < -0.39 is 8.32 Å². The second-order valence-corrected chi connectivity index (χ2v) is 17.2. The molecule has 2 nitrogen and oxygen atoms in total. The lowest BCUT2D eigenvalue weighted by atomic mass is 9.48. The van der Waals surface area contributed by atoms with Gasteiger partial charge in [-0.2, -0.15) is 0 Å². The monoisotopic (exact) mass is 390 g/mol. The molecule has 4 aliphatic rings. The van der Waals surface area contributed by atoms with Gasteiger partial charge in [-0.05, 0) is 79.8 Å². The van der Waals surface area contributed by atoms with E-state index in [0.29, 0.717) is 11.5 Å². The normalized spacial score (nSPS) is 41.3. The van der Waals surface area contributed by atoms with Crippen molar-refractivity contribution in [2.45, 2.75) is 116 Å². The maximum Gasteiger partial charge on any atom is 0.192 e. The third-order valence-corrected chi connectivity index (χ3v) is 13.9. The number of fused-ring (bicyclic) bond motifs is 2. The summed E-state index contributed by atoms with van der Waals surface area (Å²) >= 11 is 0. The number of hydrogen-bond acceptors (Lipinski definition) is 2. The molecular weight excluding hydrogens is 348 g/mol. The van der Waals surface area contributed by atoms with Crippen LogP contribution in [0.15, 0.2) is 11.1 Å². The molecule has 2 fully saturated rings. The highest BCUT2D eigenvalue weighted by molar-refractivity contribution is 6.74. The van der Waals surface area contributed by atoms with Gasteiger partial charge in [0.1, 0.15) is 0 Å². The standard InChI is InChI=1S/C24H42O2Si/c1-21(2,3)27(7,8)26-20-12-13-23(6)18-11-14-24(16-25-24)15-17(18)9-10-19(23)22(20,4)5/h19-20H,9-16H2,1-8H3/t19-,20-,23+,24?/m0/s1. The maximum absolute atomic E-state index is 7.03. The van der Waals surface area contributed by atoms with Crippen molar-refractivity contribution in [3.63, 3.8) is 0 Å². The Morgan fingerprint density at radius 1 is 1.04 bits per heavy atom. The molecule has 4 rings (SSSR count). The van der Waals surface area contributed by atoms with E-state index in [1.54, 1.807) is 5.57 Å². The first-order valence-corrected chi connectivity index (χ1v) is 14.2. The Balaban J connectivity index is 1.59. The lowest BCUT2D eigenvalue weighted by molar-refractivity contribution is -0.0841. The van der Waals surface area contributed by atoms with Crippen molar-refractivity contribution in [1.29, 1.82) is 0 Å². The van der Waals surface area contributed by atoms with Crippen molar-refractivity contribution in [3.8, 4) is 0 Å². The van der Waals surface area contributed by atoms with Crippen molar-refractivity contribution in [2.24, 2.45) is 16.7 Å². The summed E-state index contributed by atoms with van der Waals surface area (Å²) < 4.78 is 12.9. The topological polar surface area (TPSA) is 21.8 Å². The van der Waals surface area contributed by atoms with Gasteiger partial charge in [0, 0.05) is 0 Å². The van der Waals surface area contributed by atoms with Crippen LogP contribution in [0.5, 0.6) is 0 Å². The quantitative estimate of drug-likeness (QED) is 0.292. The fourth-order valence-corrected chi connectivity index (χ4v) is 8.01. The lowest BCUT2D eigenvalue weighted by Crippen LogP contribution is -2.57. The van der Waals surface area contributed by atoms with Crippen LogP contribution in [0.4, 0.5) is 0 Å².